The summed E-state index contributed by atoms with van der Waals surface area (Å²) in [4.78, 5) is 101. The number of aliphatic hydroxyl groups excluding tert-OH is 2. The van der Waals surface area contributed by atoms with E-state index in [2.05, 4.69) is 5.32 Å². The minimum atomic E-state index is -2.58. The molecule has 3 aliphatic carbocycles. The van der Waals surface area contributed by atoms with Gasteiger partial charge in [0.05, 0.1) is 35.6 Å². The summed E-state index contributed by atoms with van der Waals surface area (Å²) in [6.45, 7) is 6.43. The van der Waals surface area contributed by atoms with Gasteiger partial charge in [0.15, 0.2) is 29.4 Å². The Morgan fingerprint density at radius 3 is 1.96 bits per heavy atom. The molecule has 2 bridgehead atoms. The van der Waals surface area contributed by atoms with Crippen LogP contribution in [0.5, 0.6) is 0 Å². The molecule has 77 heavy (non-hydrogen) atoms. The zero-order chi connectivity index (χ0) is 56.8. The average Bonchev–Trinajstić information content (AvgIpc) is 3.50. The van der Waals surface area contributed by atoms with Crippen LogP contribution in [0.25, 0.3) is 0 Å². The largest absolute Gasteiger partial charge is 0.456 e. The van der Waals surface area contributed by atoms with E-state index in [4.69, 9.17) is 23.7 Å². The van der Waals surface area contributed by atoms with Crippen LogP contribution in [-0.4, -0.2) is 111 Å². The number of benzene rings is 5. The molecule has 1 saturated heterocycles. The summed E-state index contributed by atoms with van der Waals surface area (Å²) < 4.78 is 49.4. The quantitative estimate of drug-likeness (QED) is 0.0375. The summed E-state index contributed by atoms with van der Waals surface area (Å²) in [7, 11) is 0. The van der Waals surface area contributed by atoms with Crippen molar-refractivity contribution in [1.82, 2.24) is 5.32 Å². The smallest absolute Gasteiger partial charge is 0.338 e. The zero-order valence-corrected chi connectivity index (χ0v) is 43.0. The fourth-order valence-corrected chi connectivity index (χ4v) is 11.9. The number of hydrogen-bond donors (Lipinski definition) is 4. The van der Waals surface area contributed by atoms with E-state index in [1.807, 2.05) is 0 Å². The molecule has 3 fully saturated rings. The maximum atomic E-state index is 16.3. The van der Waals surface area contributed by atoms with Crippen LogP contribution in [-0.2, 0) is 49.3 Å². The molecule has 4 N–H and O–H groups in total. The third kappa shape index (κ3) is 9.91. The highest BCUT2D eigenvalue weighted by Gasteiger charge is 2.78. The number of rotatable bonds is 15. The topological polar surface area (TPSA) is 238 Å². The molecule has 9 rings (SSSR count). The van der Waals surface area contributed by atoms with Crippen LogP contribution in [0.3, 0.4) is 0 Å². The number of aliphatic hydroxyl groups is 3. The summed E-state index contributed by atoms with van der Waals surface area (Å²) in [6.07, 6.45) is -15.6. The Kier molecular flexibility index (Phi) is 14.3. The highest BCUT2D eigenvalue weighted by Crippen LogP contribution is 2.64. The summed E-state index contributed by atoms with van der Waals surface area (Å²) in [5.74, 6) is -8.39. The molecule has 2 saturated carbocycles. The second-order valence-electron chi connectivity index (χ2n) is 20.8. The third-order valence-corrected chi connectivity index (χ3v) is 16.0. The Morgan fingerprint density at radius 2 is 1.36 bits per heavy atom. The molecule has 2 unspecified atom stereocenters. The van der Waals surface area contributed by atoms with Crippen molar-refractivity contribution in [1.29, 1.82) is 0 Å². The Labute approximate surface area is 448 Å². The van der Waals surface area contributed by atoms with Crippen molar-refractivity contribution in [2.75, 3.05) is 6.61 Å². The van der Waals surface area contributed by atoms with Gasteiger partial charge in [0.2, 0.25) is 0 Å². The van der Waals surface area contributed by atoms with Gasteiger partial charge in [0, 0.05) is 51.0 Å². The molecular formula is C61H61NO15. The summed E-state index contributed by atoms with van der Waals surface area (Å²) in [5.41, 5.74) is -7.71. The molecular weight excluding hydrogens is 987 g/mol. The van der Waals surface area contributed by atoms with Crippen LogP contribution in [0.15, 0.2) is 157 Å². The van der Waals surface area contributed by atoms with Gasteiger partial charge in [0.25, 0.3) is 5.91 Å². The van der Waals surface area contributed by atoms with Gasteiger partial charge in [-0.1, -0.05) is 129 Å². The Morgan fingerprint density at radius 1 is 0.779 bits per heavy atom. The van der Waals surface area contributed by atoms with Crippen molar-refractivity contribution >= 4 is 41.4 Å². The van der Waals surface area contributed by atoms with Gasteiger partial charge in [-0.05, 0) is 72.8 Å². The Hall–Kier alpha value is -7.63. The number of ether oxygens (including phenoxy) is 5. The van der Waals surface area contributed by atoms with Crippen LogP contribution in [0.4, 0.5) is 0 Å². The number of esters is 4. The number of ketones is 2. The van der Waals surface area contributed by atoms with E-state index in [-0.39, 0.29) is 45.6 Å². The first kappa shape index (κ1) is 51.5. The molecule has 5 aromatic carbocycles. The van der Waals surface area contributed by atoms with Crippen LogP contribution in [0, 0.1) is 16.7 Å². The highest BCUT2D eigenvalue weighted by atomic mass is 16.6. The summed E-state index contributed by atoms with van der Waals surface area (Å²) >= 11 is 0. The normalized spacial score (nSPS) is 29.0. The van der Waals surface area contributed by atoms with Crippen molar-refractivity contribution < 1.29 is 75.3 Å². The maximum absolute atomic E-state index is 16.3. The van der Waals surface area contributed by atoms with E-state index in [1.165, 1.54) is 76.2 Å². The van der Waals surface area contributed by atoms with E-state index in [0.717, 1.165) is 6.92 Å². The second kappa shape index (κ2) is 21.4. The third-order valence-electron chi connectivity index (χ3n) is 16.0. The number of nitrogens with one attached hydrogen (secondary N) is 1. The minimum Gasteiger partial charge on any atom is -0.456 e. The number of hydrogen-bond acceptors (Lipinski definition) is 15. The van der Waals surface area contributed by atoms with E-state index in [1.54, 1.807) is 97.1 Å². The SMILES string of the molecule is [3H]C(C(=O)O[C@H]1C(=O)[C@@]2(C)[C@H]([C@H](OC(=O)c3ccccc3)[C@]3(O)C[C@H](OC(=O)[C@H](O)[C@@H](NC(=O)c4ccccc4)c4ccccc4)C(C)=C1C3(C)C)[C@]1(OC(C)=O)CO[C@@H]1C[C@@H]2O)C([3H])c1cccc(C(=O)c2ccccc2)c1. The number of amides is 1. The minimum absolute atomic E-state index is 0.00451. The van der Waals surface area contributed by atoms with Crippen molar-refractivity contribution in [3.63, 3.8) is 0 Å². The highest BCUT2D eigenvalue weighted by molar-refractivity contribution is 6.09. The van der Waals surface area contributed by atoms with Gasteiger partial charge in [-0.15, -0.1) is 0 Å². The van der Waals surface area contributed by atoms with E-state index >= 15 is 4.79 Å². The zero-order valence-electron chi connectivity index (χ0n) is 45.0. The molecule has 1 amide bonds. The molecule has 4 aliphatic rings. The first-order chi connectivity index (χ1) is 37.5. The lowest BCUT2D eigenvalue weighted by atomic mass is 9.44. The molecule has 400 valence electrons. The van der Waals surface area contributed by atoms with Gasteiger partial charge in [-0.2, -0.15) is 0 Å². The van der Waals surface area contributed by atoms with Crippen molar-refractivity contribution in [2.45, 2.75) is 114 Å². The summed E-state index contributed by atoms with van der Waals surface area (Å²) in [6, 6.07) is 36.7. The number of carbonyl (C=O) groups excluding carboxylic acids is 7. The lowest BCUT2D eigenvalue weighted by Gasteiger charge is -2.67. The lowest BCUT2D eigenvalue weighted by molar-refractivity contribution is -0.346. The van der Waals surface area contributed by atoms with E-state index in [0.29, 0.717) is 11.1 Å². The lowest BCUT2D eigenvalue weighted by Crippen LogP contribution is -2.82. The summed E-state index contributed by atoms with van der Waals surface area (Å²) in [5, 5.41) is 41.3. The molecule has 16 nitrogen and oxygen atoms in total. The van der Waals surface area contributed by atoms with E-state index < -0.39 is 132 Å². The Bertz CT molecular complexity index is 3200. The number of aryl methyl sites for hydroxylation is 1. The molecule has 1 aliphatic heterocycles. The molecule has 13 atom stereocenters. The molecule has 5 aromatic rings. The predicted molar refractivity (Wildman–Crippen MR) is 277 cm³/mol. The molecule has 0 spiro atoms. The fraction of sp³-hybridized carbons (Fsp3) is 0.361. The van der Waals surface area contributed by atoms with E-state index in [9.17, 15) is 46.8 Å². The van der Waals surface area contributed by atoms with Crippen LogP contribution in [0.1, 0.15) is 110 Å². The van der Waals surface area contributed by atoms with Gasteiger partial charge >= 0.3 is 23.9 Å². The molecule has 1 heterocycles. The van der Waals surface area contributed by atoms with Crippen molar-refractivity contribution in [2.24, 2.45) is 16.7 Å². The van der Waals surface area contributed by atoms with Gasteiger partial charge < -0.3 is 44.3 Å². The number of fused-ring (bicyclic) bond motifs is 5. The first-order valence-electron chi connectivity index (χ1n) is 26.5. The Balaban J connectivity index is 1.18. The van der Waals surface area contributed by atoms with Crippen molar-refractivity contribution in [3.05, 3.63) is 190 Å². The number of Topliss-reactive ketones (excluding diaryl/α,β-unsaturated/α-hetero) is 1. The average molecular weight is 1050 g/mol. The molecule has 16 heteroatoms. The number of carbonyl (C=O) groups is 7. The van der Waals surface area contributed by atoms with Crippen molar-refractivity contribution in [3.8, 4) is 0 Å². The molecule has 0 aromatic heterocycles. The molecule has 0 radical (unpaired) electrons. The van der Waals surface area contributed by atoms with Gasteiger partial charge in [-0.25, -0.2) is 9.59 Å². The monoisotopic (exact) mass is 1050 g/mol. The fourth-order valence-electron chi connectivity index (χ4n) is 11.9. The van der Waals surface area contributed by atoms with Crippen LogP contribution < -0.4 is 5.32 Å². The second-order valence-corrected chi connectivity index (χ2v) is 20.8. The predicted octanol–water partition coefficient (Wildman–Crippen LogP) is 6.58. The van der Waals surface area contributed by atoms with Gasteiger partial charge in [-0.3, -0.25) is 24.0 Å². The maximum Gasteiger partial charge on any atom is 0.338 e. The van der Waals surface area contributed by atoms with Crippen LogP contribution in [0.2, 0.25) is 0 Å². The van der Waals surface area contributed by atoms with Crippen LogP contribution >= 0.6 is 0 Å². The van der Waals surface area contributed by atoms with Gasteiger partial charge in [0.1, 0.15) is 23.9 Å². The first-order valence-corrected chi connectivity index (χ1v) is 25.3. The standard InChI is InChI=1S/C61H61NO15/c1-35-43(74-57(71)50(67)48(38-20-10-6-11-21-38)62-55(69)40-24-14-8-15-25-40)33-61(72)54(76-56(70)41-26-16-9-17-27-41)52-59(5,44(64)32-45-60(52,34-73-45)77-36(2)63)53(68)51(47(35)58(61,3)4)75-46(65)30-29-37-19-18-28-42(31-37)49(66)39-22-12-7-13-23-39/h6-28,31,43-45,48,50-52,54,64,67,72H,29-30,32-34H2,1-5H3,(H,62,69)/t43-,44-,45+,48-,50+,51+,52-,54-,59+,60-,61+/m0/s1/i29T,30T/t29?,30?,43-,44-,45+,48-,50+,51+,52-,54-,59+,60-,61+.